The lowest BCUT2D eigenvalue weighted by molar-refractivity contribution is 0.104. The molecular formula is C10H7ClN2OS. The SMILES string of the molecule is Cc1ncncc1C(=O)c1ccc(Cl)s1. The van der Waals surface area contributed by atoms with Gasteiger partial charge in [0.25, 0.3) is 0 Å². The van der Waals surface area contributed by atoms with E-state index in [1.54, 1.807) is 19.1 Å². The van der Waals surface area contributed by atoms with Crippen molar-refractivity contribution in [3.8, 4) is 0 Å². The Balaban J connectivity index is 2.41. The second kappa shape index (κ2) is 4.08. The van der Waals surface area contributed by atoms with E-state index in [1.165, 1.54) is 23.9 Å². The van der Waals surface area contributed by atoms with Crippen molar-refractivity contribution in [3.63, 3.8) is 0 Å². The van der Waals surface area contributed by atoms with Crippen LogP contribution in [0.1, 0.15) is 20.9 Å². The molecule has 0 aliphatic rings. The molecule has 0 unspecified atom stereocenters. The maximum Gasteiger partial charge on any atom is 0.206 e. The smallest absolute Gasteiger partial charge is 0.206 e. The molecular weight excluding hydrogens is 232 g/mol. The molecule has 0 atom stereocenters. The molecule has 2 rings (SSSR count). The molecule has 0 aliphatic carbocycles. The molecule has 0 amide bonds. The van der Waals surface area contributed by atoms with Crippen molar-refractivity contribution < 1.29 is 4.79 Å². The highest BCUT2D eigenvalue weighted by atomic mass is 35.5. The van der Waals surface area contributed by atoms with E-state index < -0.39 is 0 Å². The maximum absolute atomic E-state index is 12.0. The molecule has 0 saturated heterocycles. The van der Waals surface area contributed by atoms with E-state index >= 15 is 0 Å². The summed E-state index contributed by atoms with van der Waals surface area (Å²) in [7, 11) is 0. The van der Waals surface area contributed by atoms with Crippen molar-refractivity contribution >= 4 is 28.7 Å². The van der Waals surface area contributed by atoms with Crippen LogP contribution in [0.4, 0.5) is 0 Å². The third-order valence-electron chi connectivity index (χ3n) is 1.95. The quantitative estimate of drug-likeness (QED) is 0.756. The summed E-state index contributed by atoms with van der Waals surface area (Å²) in [5.74, 6) is -0.0787. The first-order valence-electron chi connectivity index (χ1n) is 4.25. The van der Waals surface area contributed by atoms with Gasteiger partial charge in [0.15, 0.2) is 0 Å². The van der Waals surface area contributed by atoms with Gasteiger partial charge >= 0.3 is 0 Å². The highest BCUT2D eigenvalue weighted by Gasteiger charge is 2.14. The third kappa shape index (κ3) is 2.06. The number of rotatable bonds is 2. The van der Waals surface area contributed by atoms with Crippen LogP contribution in [0.25, 0.3) is 0 Å². The fourth-order valence-electron chi connectivity index (χ4n) is 1.18. The zero-order valence-corrected chi connectivity index (χ0v) is 9.47. The number of hydrogen-bond donors (Lipinski definition) is 0. The summed E-state index contributed by atoms with van der Waals surface area (Å²) in [5, 5.41) is 0. The summed E-state index contributed by atoms with van der Waals surface area (Å²) in [5.41, 5.74) is 1.20. The Labute approximate surface area is 95.8 Å². The molecule has 0 N–H and O–H groups in total. The van der Waals surface area contributed by atoms with Gasteiger partial charge in [0.1, 0.15) is 6.33 Å². The van der Waals surface area contributed by atoms with E-state index in [4.69, 9.17) is 11.6 Å². The van der Waals surface area contributed by atoms with Gasteiger partial charge in [0, 0.05) is 6.20 Å². The van der Waals surface area contributed by atoms with E-state index in [2.05, 4.69) is 9.97 Å². The number of halogens is 1. The largest absolute Gasteiger partial charge is 0.288 e. The van der Waals surface area contributed by atoms with Crippen LogP contribution in [0.15, 0.2) is 24.7 Å². The Bertz CT molecular complexity index is 510. The van der Waals surface area contributed by atoms with Gasteiger partial charge in [-0.15, -0.1) is 11.3 Å². The van der Waals surface area contributed by atoms with Crippen LogP contribution in [0, 0.1) is 6.92 Å². The second-order valence-electron chi connectivity index (χ2n) is 2.95. The summed E-state index contributed by atoms with van der Waals surface area (Å²) in [4.78, 5) is 20.4. The second-order valence-corrected chi connectivity index (χ2v) is 4.67. The molecule has 15 heavy (non-hydrogen) atoms. The Morgan fingerprint density at radius 3 is 2.87 bits per heavy atom. The summed E-state index contributed by atoms with van der Waals surface area (Å²) >= 11 is 7.03. The van der Waals surface area contributed by atoms with Gasteiger partial charge in [-0.25, -0.2) is 9.97 Å². The first-order valence-corrected chi connectivity index (χ1v) is 5.44. The molecule has 2 aromatic rings. The van der Waals surface area contributed by atoms with Crippen molar-refractivity contribution in [2.24, 2.45) is 0 Å². The zero-order valence-electron chi connectivity index (χ0n) is 7.90. The molecule has 0 spiro atoms. The fourth-order valence-corrected chi connectivity index (χ4v) is 2.18. The molecule has 76 valence electrons. The predicted molar refractivity (Wildman–Crippen MR) is 59.5 cm³/mol. The number of thiophene rings is 1. The molecule has 5 heteroatoms. The van der Waals surface area contributed by atoms with E-state index in [1.807, 2.05) is 0 Å². The minimum absolute atomic E-state index is 0.0787. The first kappa shape index (κ1) is 10.3. The average Bonchev–Trinajstić information content (AvgIpc) is 2.65. The van der Waals surface area contributed by atoms with Crippen molar-refractivity contribution in [2.45, 2.75) is 6.92 Å². The van der Waals surface area contributed by atoms with Crippen LogP contribution in [0.3, 0.4) is 0 Å². The van der Waals surface area contributed by atoms with Gasteiger partial charge in [-0.1, -0.05) is 11.6 Å². The van der Waals surface area contributed by atoms with Crippen molar-refractivity contribution in [1.82, 2.24) is 9.97 Å². The highest BCUT2D eigenvalue weighted by molar-refractivity contribution is 7.18. The number of nitrogens with zero attached hydrogens (tertiary/aromatic N) is 2. The van der Waals surface area contributed by atoms with E-state index in [0.29, 0.717) is 20.5 Å². The monoisotopic (exact) mass is 238 g/mol. The average molecular weight is 239 g/mol. The third-order valence-corrected chi connectivity index (χ3v) is 3.18. The standard InChI is InChI=1S/C10H7ClN2OS/c1-6-7(4-12-5-13-6)10(14)8-2-3-9(11)15-8/h2-5H,1H3. The fraction of sp³-hybridized carbons (Fsp3) is 0.100. The Kier molecular flexibility index (Phi) is 2.79. The van der Waals surface area contributed by atoms with Crippen LogP contribution in [-0.2, 0) is 0 Å². The van der Waals surface area contributed by atoms with Crippen LogP contribution >= 0.6 is 22.9 Å². The summed E-state index contributed by atoms with van der Waals surface area (Å²) in [6.07, 6.45) is 2.95. The summed E-state index contributed by atoms with van der Waals surface area (Å²) < 4.78 is 0.604. The van der Waals surface area contributed by atoms with Crippen LogP contribution in [0.5, 0.6) is 0 Å². The zero-order chi connectivity index (χ0) is 10.8. The van der Waals surface area contributed by atoms with Gasteiger partial charge in [-0.3, -0.25) is 4.79 Å². The normalized spacial score (nSPS) is 10.3. The molecule has 0 saturated carbocycles. The summed E-state index contributed by atoms with van der Waals surface area (Å²) in [6.45, 7) is 1.78. The van der Waals surface area contributed by atoms with Crippen molar-refractivity contribution in [1.29, 1.82) is 0 Å². The maximum atomic E-state index is 12.0. The highest BCUT2D eigenvalue weighted by Crippen LogP contribution is 2.24. The molecule has 0 aliphatic heterocycles. The molecule has 3 nitrogen and oxygen atoms in total. The summed E-state index contributed by atoms with van der Waals surface area (Å²) in [6, 6.07) is 3.42. The van der Waals surface area contributed by atoms with Crippen LogP contribution in [-0.4, -0.2) is 15.8 Å². The molecule has 0 aromatic carbocycles. The Morgan fingerprint density at radius 1 is 1.47 bits per heavy atom. The Morgan fingerprint density at radius 2 is 2.27 bits per heavy atom. The molecule has 0 fully saturated rings. The van der Waals surface area contributed by atoms with Gasteiger partial charge in [-0.05, 0) is 19.1 Å². The number of carbonyl (C=O) groups is 1. The number of carbonyl (C=O) groups excluding carboxylic acids is 1. The van der Waals surface area contributed by atoms with Gasteiger partial charge in [0.2, 0.25) is 5.78 Å². The van der Waals surface area contributed by atoms with Crippen molar-refractivity contribution in [2.75, 3.05) is 0 Å². The lowest BCUT2D eigenvalue weighted by Gasteiger charge is -1.99. The number of aryl methyl sites for hydroxylation is 1. The predicted octanol–water partition coefficient (Wildman–Crippen LogP) is 2.73. The van der Waals surface area contributed by atoms with Crippen LogP contribution in [0.2, 0.25) is 4.34 Å². The molecule has 0 radical (unpaired) electrons. The Hall–Kier alpha value is -1.26. The van der Waals surface area contributed by atoms with Gasteiger partial charge < -0.3 is 0 Å². The number of ketones is 1. The van der Waals surface area contributed by atoms with E-state index in [-0.39, 0.29) is 5.78 Å². The molecule has 2 heterocycles. The number of aromatic nitrogens is 2. The van der Waals surface area contributed by atoms with E-state index in [9.17, 15) is 4.79 Å². The molecule has 2 aromatic heterocycles. The first-order chi connectivity index (χ1) is 7.18. The van der Waals surface area contributed by atoms with Gasteiger partial charge in [-0.2, -0.15) is 0 Å². The topological polar surface area (TPSA) is 42.9 Å². The van der Waals surface area contributed by atoms with E-state index in [0.717, 1.165) is 0 Å². The number of hydrogen-bond acceptors (Lipinski definition) is 4. The van der Waals surface area contributed by atoms with Crippen LogP contribution < -0.4 is 0 Å². The minimum atomic E-state index is -0.0787. The molecule has 0 bridgehead atoms. The minimum Gasteiger partial charge on any atom is -0.288 e. The van der Waals surface area contributed by atoms with Crippen molar-refractivity contribution in [3.05, 3.63) is 45.1 Å². The lowest BCUT2D eigenvalue weighted by atomic mass is 10.1. The van der Waals surface area contributed by atoms with Gasteiger partial charge in [0.05, 0.1) is 20.5 Å². The lowest BCUT2D eigenvalue weighted by Crippen LogP contribution is -2.03.